The van der Waals surface area contributed by atoms with Gasteiger partial charge in [0.1, 0.15) is 0 Å². The van der Waals surface area contributed by atoms with Gasteiger partial charge in [-0.3, -0.25) is 4.79 Å². The van der Waals surface area contributed by atoms with E-state index in [0.29, 0.717) is 0 Å². The lowest BCUT2D eigenvalue weighted by molar-refractivity contribution is -0.164. The smallest absolute Gasteiger partial charge is 0.347 e. The first kappa shape index (κ1) is 17.3. The molecule has 6 nitrogen and oxygen atoms in total. The zero-order valence-electron chi connectivity index (χ0n) is 12.4. The van der Waals surface area contributed by atoms with Crippen molar-refractivity contribution in [3.05, 3.63) is 29.8 Å². The molecule has 1 rings (SSSR count). The summed E-state index contributed by atoms with van der Waals surface area (Å²) in [6.07, 6.45) is 0. The number of rotatable bonds is 6. The number of esters is 1. The molecule has 0 heterocycles. The molecule has 7 heteroatoms. The van der Waals surface area contributed by atoms with Crippen LogP contribution in [0, 0.1) is 6.92 Å². The molecule has 0 aliphatic heterocycles. The average molecular weight is 314 g/mol. The van der Waals surface area contributed by atoms with Crippen molar-refractivity contribution >= 4 is 21.9 Å². The molecular weight excluding hydrogens is 296 g/mol. The van der Waals surface area contributed by atoms with E-state index >= 15 is 0 Å². The van der Waals surface area contributed by atoms with E-state index in [2.05, 4.69) is 0 Å². The first-order valence-electron chi connectivity index (χ1n) is 6.34. The van der Waals surface area contributed by atoms with E-state index in [1.165, 1.54) is 12.1 Å². The zero-order chi connectivity index (χ0) is 16.3. The summed E-state index contributed by atoms with van der Waals surface area (Å²) in [5.41, 5.74) is -1.33. The Bertz CT molecular complexity index is 632. The fraction of sp³-hybridized carbons (Fsp3) is 0.429. The lowest BCUT2D eigenvalue weighted by Crippen LogP contribution is -2.47. The van der Waals surface area contributed by atoms with Gasteiger partial charge in [-0.05, 0) is 39.8 Å². The van der Waals surface area contributed by atoms with E-state index in [1.807, 2.05) is 0 Å². The van der Waals surface area contributed by atoms with Gasteiger partial charge in [0, 0.05) is 0 Å². The van der Waals surface area contributed by atoms with Gasteiger partial charge in [-0.25, -0.2) is 8.98 Å². The van der Waals surface area contributed by atoms with Gasteiger partial charge in [0.15, 0.2) is 5.78 Å². The van der Waals surface area contributed by atoms with Gasteiger partial charge in [-0.1, -0.05) is 17.7 Å². The highest BCUT2D eigenvalue weighted by atomic mass is 32.2. The summed E-state index contributed by atoms with van der Waals surface area (Å²) >= 11 is 0. The predicted molar refractivity (Wildman–Crippen MR) is 75.2 cm³/mol. The fourth-order valence-electron chi connectivity index (χ4n) is 1.48. The molecule has 0 saturated heterocycles. The second-order valence-corrected chi connectivity index (χ2v) is 6.21. The van der Waals surface area contributed by atoms with Crippen molar-refractivity contribution in [2.45, 2.75) is 38.2 Å². The van der Waals surface area contributed by atoms with Crippen molar-refractivity contribution in [2.24, 2.45) is 0 Å². The number of benzene rings is 1. The highest BCUT2D eigenvalue weighted by Gasteiger charge is 2.46. The first-order chi connectivity index (χ1) is 9.63. The third kappa shape index (κ3) is 3.89. The third-order valence-corrected chi connectivity index (χ3v) is 4.33. The van der Waals surface area contributed by atoms with Crippen LogP contribution in [-0.4, -0.2) is 32.4 Å². The molecule has 0 bridgehead atoms. The molecule has 0 aliphatic carbocycles. The lowest BCUT2D eigenvalue weighted by atomic mass is 10.0. The Balaban J connectivity index is 3.17. The predicted octanol–water partition coefficient (Wildman–Crippen LogP) is 1.61. The molecular formula is C14H18O6S. The molecule has 0 saturated carbocycles. The molecule has 0 radical (unpaired) electrons. The summed E-state index contributed by atoms with van der Waals surface area (Å²) in [4.78, 5) is 23.4. The number of aryl methyl sites for hydroxylation is 1. The number of ether oxygens (including phenoxy) is 1. The van der Waals surface area contributed by atoms with Gasteiger partial charge >= 0.3 is 5.97 Å². The number of carbonyl (C=O) groups excluding carboxylic acids is 2. The molecule has 0 spiro atoms. The normalized spacial score (nSPS) is 14.3. The van der Waals surface area contributed by atoms with Gasteiger partial charge in [0.25, 0.3) is 10.1 Å². The van der Waals surface area contributed by atoms with E-state index in [1.54, 1.807) is 26.0 Å². The monoisotopic (exact) mass is 314 g/mol. The van der Waals surface area contributed by atoms with Crippen molar-refractivity contribution in [3.63, 3.8) is 0 Å². The summed E-state index contributed by atoms with van der Waals surface area (Å²) < 4.78 is 34.0. The van der Waals surface area contributed by atoms with Crippen molar-refractivity contribution < 1.29 is 26.9 Å². The fourth-order valence-corrected chi connectivity index (χ4v) is 2.67. The first-order valence-corrected chi connectivity index (χ1v) is 7.75. The third-order valence-electron chi connectivity index (χ3n) is 2.92. The molecule has 0 aliphatic rings. The van der Waals surface area contributed by atoms with Crippen LogP contribution in [0.4, 0.5) is 0 Å². The van der Waals surface area contributed by atoms with E-state index in [-0.39, 0.29) is 11.5 Å². The van der Waals surface area contributed by atoms with Crippen LogP contribution >= 0.6 is 0 Å². The number of ketones is 1. The van der Waals surface area contributed by atoms with Crippen LogP contribution in [0.25, 0.3) is 0 Å². The molecule has 0 aromatic heterocycles. The van der Waals surface area contributed by atoms with Gasteiger partial charge in [0.2, 0.25) is 5.60 Å². The highest BCUT2D eigenvalue weighted by molar-refractivity contribution is 7.86. The maximum Gasteiger partial charge on any atom is 0.347 e. The topological polar surface area (TPSA) is 86.7 Å². The summed E-state index contributed by atoms with van der Waals surface area (Å²) in [6, 6.07) is 5.87. The minimum absolute atomic E-state index is 0.00957. The zero-order valence-corrected chi connectivity index (χ0v) is 13.2. The van der Waals surface area contributed by atoms with Gasteiger partial charge in [-0.2, -0.15) is 8.42 Å². The van der Waals surface area contributed by atoms with Crippen LogP contribution in [0.1, 0.15) is 26.3 Å². The maximum absolute atomic E-state index is 12.2. The van der Waals surface area contributed by atoms with E-state index in [4.69, 9.17) is 8.92 Å². The number of Topliss-reactive ketones (excluding diaryl/α,β-unsaturated/α-hetero) is 1. The second-order valence-electron chi connectivity index (χ2n) is 4.66. The molecule has 1 unspecified atom stereocenters. The number of carbonyl (C=O) groups is 2. The Labute approximate surface area is 124 Å². The van der Waals surface area contributed by atoms with Gasteiger partial charge in [0.05, 0.1) is 11.5 Å². The van der Waals surface area contributed by atoms with Crippen LogP contribution < -0.4 is 0 Å². The molecule has 0 fully saturated rings. The van der Waals surface area contributed by atoms with Crippen LogP contribution in [0.3, 0.4) is 0 Å². The van der Waals surface area contributed by atoms with Crippen molar-refractivity contribution in [1.29, 1.82) is 0 Å². The lowest BCUT2D eigenvalue weighted by Gasteiger charge is -2.23. The Morgan fingerprint density at radius 2 is 1.71 bits per heavy atom. The van der Waals surface area contributed by atoms with E-state index in [9.17, 15) is 18.0 Å². The van der Waals surface area contributed by atoms with Crippen LogP contribution in [-0.2, 0) is 28.6 Å². The van der Waals surface area contributed by atoms with Crippen molar-refractivity contribution in [1.82, 2.24) is 0 Å². The minimum atomic E-state index is -4.26. The Kier molecular flexibility index (Phi) is 5.25. The molecule has 21 heavy (non-hydrogen) atoms. The Hall–Kier alpha value is -1.73. The molecule has 1 aromatic carbocycles. The number of hydrogen-bond acceptors (Lipinski definition) is 6. The molecule has 0 N–H and O–H groups in total. The van der Waals surface area contributed by atoms with Gasteiger partial charge < -0.3 is 4.74 Å². The highest BCUT2D eigenvalue weighted by Crippen LogP contribution is 2.23. The van der Waals surface area contributed by atoms with E-state index < -0.39 is 27.5 Å². The Morgan fingerprint density at radius 1 is 1.19 bits per heavy atom. The number of hydrogen-bond donors (Lipinski definition) is 0. The van der Waals surface area contributed by atoms with Crippen LogP contribution in [0.15, 0.2) is 29.2 Å². The Morgan fingerprint density at radius 3 is 2.14 bits per heavy atom. The van der Waals surface area contributed by atoms with E-state index in [0.717, 1.165) is 19.4 Å². The van der Waals surface area contributed by atoms with Crippen molar-refractivity contribution in [3.8, 4) is 0 Å². The minimum Gasteiger partial charge on any atom is -0.463 e. The maximum atomic E-state index is 12.2. The second kappa shape index (κ2) is 6.36. The summed E-state index contributed by atoms with van der Waals surface area (Å²) in [5, 5.41) is 0. The van der Waals surface area contributed by atoms with Crippen LogP contribution in [0.5, 0.6) is 0 Å². The quantitative estimate of drug-likeness (QED) is 0.450. The summed E-state index contributed by atoms with van der Waals surface area (Å²) in [5.74, 6) is -1.79. The largest absolute Gasteiger partial charge is 0.463 e. The summed E-state index contributed by atoms with van der Waals surface area (Å²) in [6.45, 7) is 5.51. The average Bonchev–Trinajstić information content (AvgIpc) is 2.38. The van der Waals surface area contributed by atoms with Crippen LogP contribution in [0.2, 0.25) is 0 Å². The molecule has 116 valence electrons. The molecule has 0 amide bonds. The summed E-state index contributed by atoms with van der Waals surface area (Å²) in [7, 11) is -4.26. The molecule has 1 atom stereocenters. The molecule has 1 aromatic rings. The standard InChI is InChI=1S/C14H18O6S/c1-5-19-13(16)14(4,11(3)15)20-21(17,18)12-8-6-10(2)7-9-12/h6-9H,5H2,1-4H3. The van der Waals surface area contributed by atoms with Crippen molar-refractivity contribution in [2.75, 3.05) is 6.61 Å². The van der Waals surface area contributed by atoms with Gasteiger partial charge in [-0.15, -0.1) is 0 Å². The SMILES string of the molecule is CCOC(=O)C(C)(OS(=O)(=O)c1ccc(C)cc1)C(C)=O.